The number of carbonyl (C=O) groups excluding carboxylic acids is 1. The highest BCUT2D eigenvalue weighted by atomic mass is 32.1. The van der Waals surface area contributed by atoms with Crippen LogP contribution >= 0.6 is 11.3 Å². The molecule has 0 atom stereocenters. The number of nitrogens with zero attached hydrogens (tertiary/aromatic N) is 2. The molecule has 0 aliphatic heterocycles. The van der Waals surface area contributed by atoms with Gasteiger partial charge < -0.3 is 16.0 Å². The predicted molar refractivity (Wildman–Crippen MR) is 88.9 cm³/mol. The van der Waals surface area contributed by atoms with Crippen LogP contribution in [0.4, 0.5) is 10.9 Å². The minimum Gasteiger partial charge on any atom is -0.382 e. The lowest BCUT2D eigenvalue weighted by Gasteiger charge is -2.16. The van der Waals surface area contributed by atoms with Gasteiger partial charge in [0.05, 0.1) is 0 Å². The Morgan fingerprint density at radius 2 is 1.81 bits per heavy atom. The molecular weight excluding hydrogens is 284 g/mol. The molecule has 118 valence electrons. The van der Waals surface area contributed by atoms with E-state index in [0.717, 1.165) is 18.2 Å². The third-order valence-electron chi connectivity index (χ3n) is 5.18. The number of nitrogens with two attached hydrogens (primary N) is 1. The van der Waals surface area contributed by atoms with E-state index in [-0.39, 0.29) is 22.8 Å². The Morgan fingerprint density at radius 1 is 1.29 bits per heavy atom. The highest BCUT2D eigenvalue weighted by molar-refractivity contribution is 7.18. The van der Waals surface area contributed by atoms with Crippen molar-refractivity contribution in [1.82, 2.24) is 10.3 Å². The zero-order valence-electron chi connectivity index (χ0n) is 13.8. The number of thiazole rings is 1. The fourth-order valence-electron chi connectivity index (χ4n) is 2.87. The number of nitrogen functional groups attached to an aromatic ring is 1. The van der Waals surface area contributed by atoms with Gasteiger partial charge in [0.25, 0.3) is 5.91 Å². The number of anilines is 2. The standard InChI is InChI=1S/C15H26N4OS/c1-7-19(8-2)13-17-10(16)9(21-13)11(20)18-12-14(3,4)15(12,5)6/h12H,7-8,16H2,1-6H3,(H,18,20). The molecule has 5 nitrogen and oxygen atoms in total. The topological polar surface area (TPSA) is 71.2 Å². The van der Waals surface area contributed by atoms with Crippen molar-refractivity contribution in [1.29, 1.82) is 0 Å². The second-order valence-electron chi connectivity index (χ2n) is 6.73. The number of hydrogen-bond donors (Lipinski definition) is 2. The summed E-state index contributed by atoms with van der Waals surface area (Å²) < 4.78 is 0. The van der Waals surface area contributed by atoms with Gasteiger partial charge in [0.2, 0.25) is 0 Å². The Labute approximate surface area is 130 Å². The van der Waals surface area contributed by atoms with Crippen molar-refractivity contribution in [3.8, 4) is 0 Å². The first-order chi connectivity index (χ1) is 9.66. The van der Waals surface area contributed by atoms with Crippen LogP contribution in [0.15, 0.2) is 0 Å². The molecule has 6 heteroatoms. The van der Waals surface area contributed by atoms with Gasteiger partial charge in [-0.15, -0.1) is 0 Å². The van der Waals surface area contributed by atoms with Crippen molar-refractivity contribution in [2.75, 3.05) is 23.7 Å². The van der Waals surface area contributed by atoms with Crippen LogP contribution in [0.5, 0.6) is 0 Å². The van der Waals surface area contributed by atoms with Crippen LogP contribution in [0.1, 0.15) is 51.2 Å². The van der Waals surface area contributed by atoms with Crippen molar-refractivity contribution >= 4 is 28.2 Å². The maximum absolute atomic E-state index is 12.5. The number of aromatic nitrogens is 1. The molecule has 0 bridgehead atoms. The second kappa shape index (κ2) is 5.16. The van der Waals surface area contributed by atoms with Gasteiger partial charge in [0.1, 0.15) is 10.7 Å². The maximum atomic E-state index is 12.5. The molecule has 0 aromatic carbocycles. The molecule has 3 N–H and O–H groups in total. The van der Waals surface area contributed by atoms with Crippen LogP contribution in [-0.2, 0) is 0 Å². The lowest BCUT2D eigenvalue weighted by molar-refractivity contribution is 0.0948. The van der Waals surface area contributed by atoms with Gasteiger partial charge in [-0.05, 0) is 24.7 Å². The lowest BCUT2D eigenvalue weighted by atomic mass is 10.0. The number of nitrogens with one attached hydrogen (secondary N) is 1. The number of rotatable bonds is 5. The van der Waals surface area contributed by atoms with Crippen molar-refractivity contribution in [3.05, 3.63) is 4.88 Å². The average molecular weight is 310 g/mol. The number of amides is 1. The fraction of sp³-hybridized carbons (Fsp3) is 0.733. The third-order valence-corrected chi connectivity index (χ3v) is 6.31. The van der Waals surface area contributed by atoms with E-state index in [2.05, 4.69) is 56.7 Å². The van der Waals surface area contributed by atoms with E-state index in [1.807, 2.05) is 0 Å². The predicted octanol–water partition coefficient (Wildman–Crippen LogP) is 2.74. The van der Waals surface area contributed by atoms with Crippen LogP contribution in [0.3, 0.4) is 0 Å². The quantitative estimate of drug-likeness (QED) is 0.877. The summed E-state index contributed by atoms with van der Waals surface area (Å²) in [5, 5.41) is 3.93. The summed E-state index contributed by atoms with van der Waals surface area (Å²) in [6.07, 6.45) is 0. The van der Waals surface area contributed by atoms with Crippen LogP contribution < -0.4 is 16.0 Å². The average Bonchev–Trinajstić information content (AvgIpc) is 2.71. The molecule has 1 saturated carbocycles. The Balaban J connectivity index is 2.14. The summed E-state index contributed by atoms with van der Waals surface area (Å²) in [7, 11) is 0. The highest BCUT2D eigenvalue weighted by Crippen LogP contribution is 2.62. The Kier molecular flexibility index (Phi) is 3.95. The molecular formula is C15H26N4OS. The van der Waals surface area contributed by atoms with Gasteiger partial charge in [0.15, 0.2) is 5.13 Å². The van der Waals surface area contributed by atoms with E-state index in [9.17, 15) is 4.79 Å². The summed E-state index contributed by atoms with van der Waals surface area (Å²) in [5.41, 5.74) is 6.16. The first-order valence-electron chi connectivity index (χ1n) is 7.48. The van der Waals surface area contributed by atoms with E-state index in [0.29, 0.717) is 10.7 Å². The summed E-state index contributed by atoms with van der Waals surface area (Å²) in [6.45, 7) is 14.5. The number of hydrogen-bond acceptors (Lipinski definition) is 5. The van der Waals surface area contributed by atoms with Crippen LogP contribution in [0.25, 0.3) is 0 Å². The third kappa shape index (κ3) is 2.50. The van der Waals surface area contributed by atoms with Crippen LogP contribution in [0.2, 0.25) is 0 Å². The van der Waals surface area contributed by atoms with Crippen molar-refractivity contribution in [2.24, 2.45) is 10.8 Å². The molecule has 0 saturated heterocycles. The summed E-state index contributed by atoms with van der Waals surface area (Å²) in [6, 6.07) is 0.177. The molecule has 2 rings (SSSR count). The first kappa shape index (κ1) is 16.1. The largest absolute Gasteiger partial charge is 0.382 e. The molecule has 1 fully saturated rings. The SMILES string of the molecule is CCN(CC)c1nc(N)c(C(=O)NC2C(C)(C)C2(C)C)s1. The van der Waals surface area contributed by atoms with E-state index < -0.39 is 0 Å². The van der Waals surface area contributed by atoms with Gasteiger partial charge in [-0.3, -0.25) is 4.79 Å². The van der Waals surface area contributed by atoms with Gasteiger partial charge >= 0.3 is 0 Å². The first-order valence-corrected chi connectivity index (χ1v) is 8.30. The summed E-state index contributed by atoms with van der Waals surface area (Å²) >= 11 is 1.37. The molecule has 1 aromatic rings. The van der Waals surface area contributed by atoms with E-state index >= 15 is 0 Å². The van der Waals surface area contributed by atoms with Gasteiger partial charge in [-0.1, -0.05) is 39.0 Å². The minimum atomic E-state index is -0.105. The smallest absolute Gasteiger partial charge is 0.265 e. The normalized spacial score (nSPS) is 19.3. The lowest BCUT2D eigenvalue weighted by Crippen LogP contribution is -2.29. The zero-order chi connectivity index (χ0) is 16.0. The Hall–Kier alpha value is -1.30. The fourth-order valence-corrected chi connectivity index (χ4v) is 3.88. The van der Waals surface area contributed by atoms with E-state index in [1.165, 1.54) is 11.3 Å². The van der Waals surface area contributed by atoms with Gasteiger partial charge in [-0.25, -0.2) is 4.98 Å². The molecule has 1 aliphatic rings. The molecule has 1 heterocycles. The second-order valence-corrected chi connectivity index (χ2v) is 7.71. The monoisotopic (exact) mass is 310 g/mol. The molecule has 1 aliphatic carbocycles. The molecule has 1 aromatic heterocycles. The molecule has 1 amide bonds. The Morgan fingerprint density at radius 3 is 2.24 bits per heavy atom. The van der Waals surface area contributed by atoms with Crippen LogP contribution in [-0.4, -0.2) is 30.0 Å². The molecule has 21 heavy (non-hydrogen) atoms. The summed E-state index contributed by atoms with van der Waals surface area (Å²) in [5.74, 6) is 0.225. The van der Waals surface area contributed by atoms with Crippen molar-refractivity contribution < 1.29 is 4.79 Å². The van der Waals surface area contributed by atoms with Crippen LogP contribution in [0, 0.1) is 10.8 Å². The van der Waals surface area contributed by atoms with Gasteiger partial charge in [0, 0.05) is 19.1 Å². The van der Waals surface area contributed by atoms with E-state index in [4.69, 9.17) is 5.73 Å². The van der Waals surface area contributed by atoms with Crippen molar-refractivity contribution in [3.63, 3.8) is 0 Å². The van der Waals surface area contributed by atoms with Gasteiger partial charge in [-0.2, -0.15) is 0 Å². The minimum absolute atomic E-state index is 0.105. The zero-order valence-corrected chi connectivity index (χ0v) is 14.6. The molecule has 0 unspecified atom stereocenters. The number of carbonyl (C=O) groups is 1. The highest BCUT2D eigenvalue weighted by Gasteiger charge is 2.65. The van der Waals surface area contributed by atoms with E-state index in [1.54, 1.807) is 0 Å². The molecule has 0 spiro atoms. The maximum Gasteiger partial charge on any atom is 0.265 e. The Bertz CT molecular complexity index is 532. The molecule has 0 radical (unpaired) electrons. The summed E-state index contributed by atoms with van der Waals surface area (Å²) in [4.78, 5) is 19.4. The van der Waals surface area contributed by atoms with Crippen molar-refractivity contribution in [2.45, 2.75) is 47.6 Å².